The van der Waals surface area contributed by atoms with E-state index in [1.165, 1.54) is 0 Å². The molecule has 0 spiro atoms. The third kappa shape index (κ3) is 2.59. The maximum absolute atomic E-state index is 5.25. The maximum atomic E-state index is 5.25. The van der Waals surface area contributed by atoms with E-state index < -0.39 is 0 Å². The summed E-state index contributed by atoms with van der Waals surface area (Å²) in [5, 5.41) is 6.76. The van der Waals surface area contributed by atoms with Crippen LogP contribution in [0.4, 0.5) is 5.82 Å². The molecule has 0 saturated carbocycles. The molecule has 0 radical (unpaired) electrons. The van der Waals surface area contributed by atoms with Crippen molar-refractivity contribution in [3.8, 4) is 5.75 Å². The Morgan fingerprint density at radius 2 is 2.27 bits per heavy atom. The number of pyridine rings is 1. The monoisotopic (exact) mass is 207 g/mol. The van der Waals surface area contributed by atoms with E-state index in [2.05, 4.69) is 15.6 Å². The Labute approximate surface area is 90.0 Å². The van der Waals surface area contributed by atoms with Crippen LogP contribution in [0.1, 0.15) is 12.8 Å². The Kier molecular flexibility index (Phi) is 3.40. The Hall–Kier alpha value is -1.29. The molecule has 1 aromatic heterocycles. The highest BCUT2D eigenvalue weighted by Gasteiger charge is 2.14. The van der Waals surface area contributed by atoms with Gasteiger partial charge in [0.1, 0.15) is 0 Å². The molecule has 4 nitrogen and oxygen atoms in total. The molecule has 15 heavy (non-hydrogen) atoms. The van der Waals surface area contributed by atoms with E-state index in [9.17, 15) is 0 Å². The minimum absolute atomic E-state index is 0.509. The molecular formula is C11H17N3O. The van der Waals surface area contributed by atoms with Crippen molar-refractivity contribution in [1.29, 1.82) is 0 Å². The van der Waals surface area contributed by atoms with Crippen LogP contribution in [0.2, 0.25) is 0 Å². The van der Waals surface area contributed by atoms with E-state index in [-0.39, 0.29) is 0 Å². The fraction of sp³-hybridized carbons (Fsp3) is 0.545. The topological polar surface area (TPSA) is 46.2 Å². The Morgan fingerprint density at radius 3 is 3.00 bits per heavy atom. The number of ether oxygens (including phenoxy) is 1. The standard InChI is InChI=1S/C11H17N3O/c1-15-10-3-2-6-13-11(10)14-9-4-7-12-8-5-9/h2-3,6,9,12H,4-5,7-8H2,1H3,(H,13,14). The van der Waals surface area contributed by atoms with Crippen LogP contribution < -0.4 is 15.4 Å². The van der Waals surface area contributed by atoms with Gasteiger partial charge in [-0.05, 0) is 38.1 Å². The number of hydrogen-bond donors (Lipinski definition) is 2. The second-order valence-corrected chi connectivity index (χ2v) is 3.72. The van der Waals surface area contributed by atoms with Crippen LogP contribution in [-0.4, -0.2) is 31.2 Å². The van der Waals surface area contributed by atoms with Gasteiger partial charge in [-0.3, -0.25) is 0 Å². The molecule has 1 saturated heterocycles. The van der Waals surface area contributed by atoms with Crippen LogP contribution in [0.3, 0.4) is 0 Å². The van der Waals surface area contributed by atoms with Gasteiger partial charge in [-0.2, -0.15) is 0 Å². The van der Waals surface area contributed by atoms with Crippen molar-refractivity contribution in [2.45, 2.75) is 18.9 Å². The summed E-state index contributed by atoms with van der Waals surface area (Å²) in [5.74, 6) is 1.67. The van der Waals surface area contributed by atoms with Crippen LogP contribution in [0.5, 0.6) is 5.75 Å². The van der Waals surface area contributed by atoms with Gasteiger partial charge in [-0.25, -0.2) is 4.98 Å². The van der Waals surface area contributed by atoms with Crippen molar-refractivity contribution in [2.75, 3.05) is 25.5 Å². The zero-order chi connectivity index (χ0) is 10.5. The molecule has 0 unspecified atom stereocenters. The summed E-state index contributed by atoms with van der Waals surface area (Å²) in [7, 11) is 1.67. The predicted molar refractivity (Wildman–Crippen MR) is 60.3 cm³/mol. The molecule has 0 amide bonds. The normalized spacial score (nSPS) is 17.4. The second kappa shape index (κ2) is 4.98. The summed E-state index contributed by atoms with van der Waals surface area (Å²) in [6.07, 6.45) is 4.06. The van der Waals surface area contributed by atoms with Gasteiger partial charge >= 0.3 is 0 Å². The van der Waals surface area contributed by atoms with Crippen molar-refractivity contribution >= 4 is 5.82 Å². The number of hydrogen-bond acceptors (Lipinski definition) is 4. The predicted octanol–water partition coefficient (Wildman–Crippen LogP) is 1.25. The molecule has 2 heterocycles. The first kappa shape index (κ1) is 10.2. The molecule has 1 aliphatic heterocycles. The zero-order valence-corrected chi connectivity index (χ0v) is 8.99. The van der Waals surface area contributed by atoms with Crippen LogP contribution in [0.25, 0.3) is 0 Å². The van der Waals surface area contributed by atoms with Crippen molar-refractivity contribution in [1.82, 2.24) is 10.3 Å². The van der Waals surface area contributed by atoms with Gasteiger partial charge in [-0.1, -0.05) is 0 Å². The summed E-state index contributed by atoms with van der Waals surface area (Å²) in [6.45, 7) is 2.15. The summed E-state index contributed by atoms with van der Waals surface area (Å²) < 4.78 is 5.25. The van der Waals surface area contributed by atoms with Gasteiger partial charge in [0.25, 0.3) is 0 Å². The Bertz CT molecular complexity index is 310. The summed E-state index contributed by atoms with van der Waals surface area (Å²) in [4.78, 5) is 4.29. The SMILES string of the molecule is COc1cccnc1NC1CCNCC1. The molecule has 4 heteroatoms. The molecule has 0 aliphatic carbocycles. The second-order valence-electron chi connectivity index (χ2n) is 3.72. The van der Waals surface area contributed by atoms with E-state index in [1.54, 1.807) is 13.3 Å². The van der Waals surface area contributed by atoms with E-state index >= 15 is 0 Å². The molecule has 1 aliphatic rings. The highest BCUT2D eigenvalue weighted by atomic mass is 16.5. The van der Waals surface area contributed by atoms with E-state index in [1.807, 2.05) is 12.1 Å². The van der Waals surface area contributed by atoms with E-state index in [0.717, 1.165) is 37.5 Å². The van der Waals surface area contributed by atoms with Gasteiger partial charge in [0.05, 0.1) is 7.11 Å². The number of methoxy groups -OCH3 is 1. The lowest BCUT2D eigenvalue weighted by Crippen LogP contribution is -2.35. The van der Waals surface area contributed by atoms with Crippen LogP contribution in [0.15, 0.2) is 18.3 Å². The van der Waals surface area contributed by atoms with E-state index in [4.69, 9.17) is 4.74 Å². The largest absolute Gasteiger partial charge is 0.493 e. The first-order valence-corrected chi connectivity index (χ1v) is 5.36. The summed E-state index contributed by atoms with van der Waals surface area (Å²) in [6, 6.07) is 4.32. The molecule has 2 rings (SSSR count). The van der Waals surface area contributed by atoms with Crippen molar-refractivity contribution in [3.63, 3.8) is 0 Å². The van der Waals surface area contributed by atoms with Crippen LogP contribution in [-0.2, 0) is 0 Å². The molecule has 1 fully saturated rings. The van der Waals surface area contributed by atoms with Crippen molar-refractivity contribution < 1.29 is 4.74 Å². The highest BCUT2D eigenvalue weighted by Crippen LogP contribution is 2.22. The van der Waals surface area contributed by atoms with Gasteiger partial charge in [-0.15, -0.1) is 0 Å². The molecule has 0 aromatic carbocycles. The van der Waals surface area contributed by atoms with E-state index in [0.29, 0.717) is 6.04 Å². The molecule has 82 valence electrons. The zero-order valence-electron chi connectivity index (χ0n) is 8.99. The molecule has 0 bridgehead atoms. The van der Waals surface area contributed by atoms with Gasteiger partial charge in [0.15, 0.2) is 11.6 Å². The maximum Gasteiger partial charge on any atom is 0.168 e. The smallest absolute Gasteiger partial charge is 0.168 e. The summed E-state index contributed by atoms with van der Waals surface area (Å²) in [5.41, 5.74) is 0. The quantitative estimate of drug-likeness (QED) is 0.783. The minimum atomic E-state index is 0.509. The van der Waals surface area contributed by atoms with Gasteiger partial charge < -0.3 is 15.4 Å². The third-order valence-electron chi connectivity index (χ3n) is 2.67. The highest BCUT2D eigenvalue weighted by molar-refractivity contribution is 5.50. The lowest BCUT2D eigenvalue weighted by molar-refractivity contribution is 0.412. The number of rotatable bonds is 3. The number of nitrogens with one attached hydrogen (secondary N) is 2. The van der Waals surface area contributed by atoms with Gasteiger partial charge in [0.2, 0.25) is 0 Å². The molecule has 0 atom stereocenters. The number of nitrogens with zero attached hydrogens (tertiary/aromatic N) is 1. The fourth-order valence-corrected chi connectivity index (χ4v) is 1.82. The minimum Gasteiger partial charge on any atom is -0.493 e. The third-order valence-corrected chi connectivity index (χ3v) is 2.67. The number of anilines is 1. The van der Waals surface area contributed by atoms with Crippen molar-refractivity contribution in [2.24, 2.45) is 0 Å². The lowest BCUT2D eigenvalue weighted by atomic mass is 10.1. The number of aromatic nitrogens is 1. The van der Waals surface area contributed by atoms with Gasteiger partial charge in [0, 0.05) is 12.2 Å². The molecule has 2 N–H and O–H groups in total. The molecular weight excluding hydrogens is 190 g/mol. The fourth-order valence-electron chi connectivity index (χ4n) is 1.82. The first-order chi connectivity index (χ1) is 7.40. The van der Waals surface area contributed by atoms with Crippen molar-refractivity contribution in [3.05, 3.63) is 18.3 Å². The average molecular weight is 207 g/mol. The Morgan fingerprint density at radius 1 is 1.47 bits per heavy atom. The summed E-state index contributed by atoms with van der Waals surface area (Å²) >= 11 is 0. The average Bonchev–Trinajstić information content (AvgIpc) is 2.31. The molecule has 1 aromatic rings. The van der Waals surface area contributed by atoms with Crippen LogP contribution in [0, 0.1) is 0 Å². The first-order valence-electron chi connectivity index (χ1n) is 5.36. The number of piperidine rings is 1. The lowest BCUT2D eigenvalue weighted by Gasteiger charge is -2.24. The van der Waals surface area contributed by atoms with Crippen LogP contribution >= 0.6 is 0 Å². The Balaban J connectivity index is 2.02.